The van der Waals surface area contributed by atoms with Crippen molar-refractivity contribution in [1.29, 1.82) is 0 Å². The van der Waals surface area contributed by atoms with Gasteiger partial charge < -0.3 is 23.8 Å². The molecule has 2 heterocycles. The van der Waals surface area contributed by atoms with Crippen LogP contribution >= 0.6 is 11.3 Å². The number of carbonyl (C=O) groups excluding carboxylic acids is 2. The highest BCUT2D eigenvalue weighted by atomic mass is 32.1. The second-order valence-corrected chi connectivity index (χ2v) is 8.64. The van der Waals surface area contributed by atoms with Gasteiger partial charge in [-0.15, -0.1) is 11.3 Å². The molecule has 0 aliphatic carbocycles. The third-order valence-electron chi connectivity index (χ3n) is 5.49. The first-order valence-electron chi connectivity index (χ1n) is 10.8. The molecule has 1 aromatic heterocycles. The Kier molecular flexibility index (Phi) is 7.44. The van der Waals surface area contributed by atoms with Gasteiger partial charge in [-0.05, 0) is 25.1 Å². The average molecular weight is 483 g/mol. The van der Waals surface area contributed by atoms with Crippen LogP contribution in [0.3, 0.4) is 0 Å². The molecule has 1 amide bonds. The summed E-state index contributed by atoms with van der Waals surface area (Å²) in [6.07, 6.45) is -1.04. The van der Waals surface area contributed by atoms with Gasteiger partial charge in [0.05, 0.1) is 33.1 Å². The van der Waals surface area contributed by atoms with Gasteiger partial charge in [-0.1, -0.05) is 30.3 Å². The number of benzene rings is 2. The quantitative estimate of drug-likeness (QED) is 0.472. The fourth-order valence-electron chi connectivity index (χ4n) is 3.68. The number of aryl methyl sites for hydroxylation is 1. The van der Waals surface area contributed by atoms with E-state index < -0.39 is 12.1 Å². The van der Waals surface area contributed by atoms with Crippen LogP contribution in [0.2, 0.25) is 0 Å². The molecule has 0 unspecified atom stereocenters. The van der Waals surface area contributed by atoms with Crippen molar-refractivity contribution in [1.82, 2.24) is 9.88 Å². The van der Waals surface area contributed by atoms with Gasteiger partial charge in [0, 0.05) is 24.2 Å². The number of hydrogen-bond acceptors (Lipinski definition) is 8. The van der Waals surface area contributed by atoms with Crippen molar-refractivity contribution in [3.05, 3.63) is 64.7 Å². The Morgan fingerprint density at radius 1 is 1.03 bits per heavy atom. The van der Waals surface area contributed by atoms with Crippen LogP contribution in [0.15, 0.2) is 48.5 Å². The summed E-state index contributed by atoms with van der Waals surface area (Å²) in [6, 6.07) is 14.5. The van der Waals surface area contributed by atoms with Crippen LogP contribution in [0.1, 0.15) is 27.0 Å². The van der Waals surface area contributed by atoms with Crippen LogP contribution in [0.25, 0.3) is 10.6 Å². The summed E-state index contributed by atoms with van der Waals surface area (Å²) in [5.41, 5.74) is 1.94. The molecular weight excluding hydrogens is 456 g/mol. The van der Waals surface area contributed by atoms with Gasteiger partial charge in [-0.3, -0.25) is 4.79 Å². The molecular formula is C25H26N2O6S. The van der Waals surface area contributed by atoms with E-state index in [1.165, 1.54) is 11.3 Å². The molecule has 1 fully saturated rings. The Morgan fingerprint density at radius 2 is 1.74 bits per heavy atom. The number of aromatic nitrogens is 1. The van der Waals surface area contributed by atoms with E-state index in [1.807, 2.05) is 24.3 Å². The minimum Gasteiger partial charge on any atom is -0.493 e. The van der Waals surface area contributed by atoms with E-state index >= 15 is 0 Å². The van der Waals surface area contributed by atoms with E-state index in [0.717, 1.165) is 5.56 Å². The maximum atomic E-state index is 13.3. The average Bonchev–Trinajstić information content (AvgIpc) is 3.29. The predicted octanol–water partition coefficient (Wildman–Crippen LogP) is 3.89. The van der Waals surface area contributed by atoms with Crippen LogP contribution in [0.5, 0.6) is 11.5 Å². The molecule has 9 heteroatoms. The van der Waals surface area contributed by atoms with Crippen molar-refractivity contribution in [3.8, 4) is 22.1 Å². The summed E-state index contributed by atoms with van der Waals surface area (Å²) < 4.78 is 21.8. The predicted molar refractivity (Wildman–Crippen MR) is 127 cm³/mol. The number of nitrogens with zero attached hydrogens (tertiary/aromatic N) is 2. The van der Waals surface area contributed by atoms with Crippen molar-refractivity contribution < 1.29 is 28.5 Å². The Balaban J connectivity index is 1.60. The Bertz CT molecular complexity index is 1160. The molecule has 2 aromatic carbocycles. The van der Waals surface area contributed by atoms with Crippen LogP contribution < -0.4 is 9.47 Å². The molecule has 0 saturated carbocycles. The van der Waals surface area contributed by atoms with Crippen molar-refractivity contribution >= 4 is 23.2 Å². The first kappa shape index (κ1) is 23.7. The third-order valence-corrected chi connectivity index (χ3v) is 6.67. The number of carbonyl (C=O) groups is 2. The zero-order valence-corrected chi connectivity index (χ0v) is 20.1. The lowest BCUT2D eigenvalue weighted by atomic mass is 10.1. The SMILES string of the molecule is COc1ccc(-c2nc(C)c(C(=O)O[C@H](C(=O)N3CCOCC3)c3ccccc3)s2)cc1OC. The van der Waals surface area contributed by atoms with E-state index in [-0.39, 0.29) is 5.91 Å². The number of ether oxygens (including phenoxy) is 4. The number of morpholine rings is 1. The fourth-order valence-corrected chi connectivity index (χ4v) is 4.62. The fraction of sp³-hybridized carbons (Fsp3) is 0.320. The standard InChI is InChI=1S/C25H26N2O6S/c1-16-22(34-23(26-16)18-9-10-19(30-2)20(15-18)31-3)25(29)33-21(17-7-5-4-6-8-17)24(28)27-11-13-32-14-12-27/h4-10,15,21H,11-14H2,1-3H3/t21-/m0/s1. The van der Waals surface area contributed by atoms with Crippen LogP contribution in [-0.2, 0) is 14.3 Å². The normalized spacial score (nSPS) is 14.4. The summed E-state index contributed by atoms with van der Waals surface area (Å²) >= 11 is 1.21. The molecule has 0 radical (unpaired) electrons. The van der Waals surface area contributed by atoms with Crippen LogP contribution in [-0.4, -0.2) is 62.3 Å². The number of methoxy groups -OCH3 is 2. The molecule has 1 aliphatic rings. The van der Waals surface area contributed by atoms with Crippen molar-refractivity contribution in [2.45, 2.75) is 13.0 Å². The first-order chi connectivity index (χ1) is 16.5. The molecule has 1 aliphatic heterocycles. The largest absolute Gasteiger partial charge is 0.493 e. The summed E-state index contributed by atoms with van der Waals surface area (Å²) in [5.74, 6) is 0.325. The Hall–Kier alpha value is -3.43. The lowest BCUT2D eigenvalue weighted by Crippen LogP contribution is -2.44. The molecule has 3 aromatic rings. The molecule has 1 saturated heterocycles. The highest BCUT2D eigenvalue weighted by molar-refractivity contribution is 7.17. The number of esters is 1. The Labute approximate surface area is 202 Å². The molecule has 8 nitrogen and oxygen atoms in total. The van der Waals surface area contributed by atoms with Gasteiger partial charge in [0.1, 0.15) is 9.88 Å². The van der Waals surface area contributed by atoms with Crippen molar-refractivity contribution in [2.24, 2.45) is 0 Å². The minimum atomic E-state index is -1.04. The topological polar surface area (TPSA) is 87.2 Å². The zero-order valence-electron chi connectivity index (χ0n) is 19.3. The second-order valence-electron chi connectivity index (χ2n) is 7.64. The minimum absolute atomic E-state index is 0.259. The van der Waals surface area contributed by atoms with Gasteiger partial charge in [0.15, 0.2) is 11.5 Å². The van der Waals surface area contributed by atoms with E-state index in [4.69, 9.17) is 18.9 Å². The summed E-state index contributed by atoms with van der Waals surface area (Å²) in [5, 5.41) is 0.640. The van der Waals surface area contributed by atoms with Gasteiger partial charge in [0.25, 0.3) is 5.91 Å². The molecule has 4 rings (SSSR count). The summed E-state index contributed by atoms with van der Waals surface area (Å²) in [7, 11) is 3.13. The zero-order chi connectivity index (χ0) is 24.1. The molecule has 0 N–H and O–H groups in total. The van der Waals surface area contributed by atoms with E-state index in [9.17, 15) is 9.59 Å². The van der Waals surface area contributed by atoms with Gasteiger partial charge in [-0.2, -0.15) is 0 Å². The number of rotatable bonds is 7. The van der Waals surface area contributed by atoms with E-state index in [2.05, 4.69) is 4.98 Å². The number of thiazole rings is 1. The molecule has 0 bridgehead atoms. The van der Waals surface area contributed by atoms with Gasteiger partial charge in [-0.25, -0.2) is 9.78 Å². The van der Waals surface area contributed by atoms with Crippen molar-refractivity contribution in [2.75, 3.05) is 40.5 Å². The Morgan fingerprint density at radius 3 is 2.41 bits per heavy atom. The maximum Gasteiger partial charge on any atom is 0.351 e. The van der Waals surface area contributed by atoms with E-state index in [1.54, 1.807) is 50.3 Å². The van der Waals surface area contributed by atoms with Gasteiger partial charge >= 0.3 is 5.97 Å². The summed E-state index contributed by atoms with van der Waals surface area (Å²) in [4.78, 5) is 33.1. The highest BCUT2D eigenvalue weighted by Gasteiger charge is 2.32. The maximum absolute atomic E-state index is 13.3. The molecule has 1 atom stereocenters. The van der Waals surface area contributed by atoms with Crippen LogP contribution in [0.4, 0.5) is 0 Å². The smallest absolute Gasteiger partial charge is 0.351 e. The lowest BCUT2D eigenvalue weighted by molar-refractivity contribution is -0.145. The molecule has 0 spiro atoms. The molecule has 178 valence electrons. The highest BCUT2D eigenvalue weighted by Crippen LogP contribution is 2.35. The summed E-state index contributed by atoms with van der Waals surface area (Å²) in [6.45, 7) is 3.60. The monoisotopic (exact) mass is 482 g/mol. The number of hydrogen-bond donors (Lipinski definition) is 0. The first-order valence-corrected chi connectivity index (χ1v) is 11.7. The van der Waals surface area contributed by atoms with Crippen molar-refractivity contribution in [3.63, 3.8) is 0 Å². The van der Waals surface area contributed by atoms with E-state index in [0.29, 0.717) is 58.9 Å². The van der Waals surface area contributed by atoms with Crippen LogP contribution in [0, 0.1) is 6.92 Å². The lowest BCUT2D eigenvalue weighted by Gasteiger charge is -2.30. The second kappa shape index (κ2) is 10.7. The van der Waals surface area contributed by atoms with Gasteiger partial charge in [0.2, 0.25) is 6.10 Å². The number of amides is 1. The third kappa shape index (κ3) is 5.05. The molecule has 34 heavy (non-hydrogen) atoms.